The lowest BCUT2D eigenvalue weighted by Gasteiger charge is -2.26. The molecule has 312 valence electrons. The summed E-state index contributed by atoms with van der Waals surface area (Å²) in [5.41, 5.74) is 12.2. The zero-order valence-electron chi connectivity index (χ0n) is 35.8. The standard InChI is InChI=1S/C60H30N6OS/c1-62-56-50(33-14-4-2-5-15-33)43(32-61)57(51(34-16-6-3-7-17-34)59(56)65-44-22-12-20-39-52(44)53-40(21-13-23-45(53)65)55-54(39)63-28-29-64-55)66-46-30-42-35-18-8-10-24-47(35)67-48(42)31-41(46)37-26-27-38-36-19-9-11-25-49(36)68-60(38)58(37)66/h2-31H. The van der Waals surface area contributed by atoms with E-state index in [1.807, 2.05) is 66.7 Å². The Morgan fingerprint density at radius 2 is 1.13 bits per heavy atom. The van der Waals surface area contributed by atoms with Gasteiger partial charge in [-0.3, -0.25) is 9.97 Å². The second kappa shape index (κ2) is 13.6. The lowest BCUT2D eigenvalue weighted by atomic mass is 9.88. The summed E-state index contributed by atoms with van der Waals surface area (Å²) in [5, 5.41) is 22.5. The van der Waals surface area contributed by atoms with E-state index in [2.05, 4.69) is 123 Å². The van der Waals surface area contributed by atoms with Gasteiger partial charge >= 0.3 is 0 Å². The van der Waals surface area contributed by atoms with Crippen LogP contribution in [0, 0.1) is 17.9 Å². The topological polar surface area (TPSA) is 76.9 Å². The van der Waals surface area contributed by atoms with Crippen LogP contribution in [0.3, 0.4) is 0 Å². The van der Waals surface area contributed by atoms with Gasteiger partial charge in [0.1, 0.15) is 17.2 Å². The summed E-state index contributed by atoms with van der Waals surface area (Å²) < 4.78 is 13.5. The van der Waals surface area contributed by atoms with E-state index >= 15 is 0 Å². The van der Waals surface area contributed by atoms with Crippen LogP contribution >= 0.6 is 11.3 Å². The maximum atomic E-state index is 12.0. The fourth-order valence-corrected chi connectivity index (χ4v) is 12.6. The fourth-order valence-electron chi connectivity index (χ4n) is 11.3. The van der Waals surface area contributed by atoms with Crippen molar-refractivity contribution in [2.24, 2.45) is 0 Å². The predicted molar refractivity (Wildman–Crippen MR) is 279 cm³/mol. The number of thiophene rings is 1. The maximum absolute atomic E-state index is 12.0. The first kappa shape index (κ1) is 36.9. The van der Waals surface area contributed by atoms with E-state index in [9.17, 15) is 11.8 Å². The first-order valence-corrected chi connectivity index (χ1v) is 23.2. The van der Waals surface area contributed by atoms with E-state index in [0.717, 1.165) is 114 Å². The largest absolute Gasteiger partial charge is 0.456 e. The lowest BCUT2D eigenvalue weighted by molar-refractivity contribution is 0.669. The number of aromatic nitrogens is 4. The first-order valence-electron chi connectivity index (χ1n) is 22.4. The molecule has 0 N–H and O–H groups in total. The van der Waals surface area contributed by atoms with Gasteiger partial charge in [-0.05, 0) is 47.5 Å². The third kappa shape index (κ3) is 4.73. The van der Waals surface area contributed by atoms with Gasteiger partial charge < -0.3 is 13.6 Å². The summed E-state index contributed by atoms with van der Waals surface area (Å²) in [7, 11) is 0. The highest BCUT2D eigenvalue weighted by Crippen LogP contribution is 2.54. The normalized spacial score (nSPS) is 12.1. The quantitative estimate of drug-likeness (QED) is 0.130. The summed E-state index contributed by atoms with van der Waals surface area (Å²) in [5.74, 6) is 0. The third-order valence-corrected chi connectivity index (χ3v) is 15.2. The molecule has 0 amide bonds. The molecule has 0 aliphatic heterocycles. The average Bonchev–Trinajstić information content (AvgIpc) is 4.15. The highest BCUT2D eigenvalue weighted by molar-refractivity contribution is 7.26. The molecule has 0 atom stereocenters. The van der Waals surface area contributed by atoms with Crippen LogP contribution in [0.15, 0.2) is 187 Å². The molecule has 0 aliphatic carbocycles. The maximum Gasteiger partial charge on any atom is 0.220 e. The molecule has 15 rings (SSSR count). The first-order chi connectivity index (χ1) is 33.7. The van der Waals surface area contributed by atoms with E-state index in [1.54, 1.807) is 23.7 Å². The smallest absolute Gasteiger partial charge is 0.220 e. The van der Waals surface area contributed by atoms with Gasteiger partial charge in [0, 0.05) is 82.1 Å². The van der Waals surface area contributed by atoms with Crippen molar-refractivity contribution in [2.75, 3.05) is 0 Å². The van der Waals surface area contributed by atoms with Crippen molar-refractivity contribution >= 4 is 125 Å². The van der Waals surface area contributed by atoms with Gasteiger partial charge in [-0.15, -0.1) is 11.3 Å². The van der Waals surface area contributed by atoms with Crippen molar-refractivity contribution in [1.29, 1.82) is 5.26 Å². The number of nitriles is 1. The number of hydrogen-bond donors (Lipinski definition) is 0. The number of rotatable bonds is 4. The molecule has 0 bridgehead atoms. The van der Waals surface area contributed by atoms with Gasteiger partial charge in [0.2, 0.25) is 5.69 Å². The van der Waals surface area contributed by atoms with Crippen molar-refractivity contribution in [2.45, 2.75) is 0 Å². The molecule has 0 radical (unpaired) electrons. The van der Waals surface area contributed by atoms with Crippen LogP contribution < -0.4 is 0 Å². The highest BCUT2D eigenvalue weighted by atomic mass is 32.1. The molecule has 0 aliphatic rings. The number of fused-ring (bicyclic) bond motifs is 13. The molecular weight excluding hydrogens is 853 g/mol. The molecule has 0 saturated heterocycles. The monoisotopic (exact) mass is 882 g/mol. The minimum Gasteiger partial charge on any atom is -0.456 e. The summed E-state index contributed by atoms with van der Waals surface area (Å²) in [4.78, 5) is 14.3. The summed E-state index contributed by atoms with van der Waals surface area (Å²) >= 11 is 1.76. The van der Waals surface area contributed by atoms with Crippen LogP contribution in [0.1, 0.15) is 5.56 Å². The van der Waals surface area contributed by atoms with Gasteiger partial charge in [-0.25, -0.2) is 4.85 Å². The van der Waals surface area contributed by atoms with Crippen molar-refractivity contribution in [3.8, 4) is 39.7 Å². The molecule has 15 aromatic rings. The predicted octanol–water partition coefficient (Wildman–Crippen LogP) is 16.4. The molecule has 0 unspecified atom stereocenters. The minimum atomic E-state index is 0.383. The Hall–Kier alpha value is -9.34. The number of benzene rings is 10. The average molecular weight is 883 g/mol. The number of furan rings is 1. The number of nitrogens with zero attached hydrogens (tertiary/aromatic N) is 6. The van der Waals surface area contributed by atoms with Crippen LogP contribution in [0.5, 0.6) is 0 Å². The summed E-state index contributed by atoms with van der Waals surface area (Å²) in [6, 6.07) is 61.4. The second-order valence-electron chi connectivity index (χ2n) is 17.4. The minimum absolute atomic E-state index is 0.383. The van der Waals surface area contributed by atoms with Gasteiger partial charge in [0.25, 0.3) is 0 Å². The Morgan fingerprint density at radius 3 is 1.82 bits per heavy atom. The number of para-hydroxylation sites is 1. The number of hydrogen-bond acceptors (Lipinski definition) is 5. The van der Waals surface area contributed by atoms with Crippen molar-refractivity contribution in [3.05, 3.63) is 199 Å². The molecular formula is C60H30N6OS. The van der Waals surface area contributed by atoms with Crippen LogP contribution in [0.2, 0.25) is 0 Å². The van der Waals surface area contributed by atoms with E-state index in [0.29, 0.717) is 28.2 Å². The van der Waals surface area contributed by atoms with E-state index in [4.69, 9.17) is 14.4 Å². The molecule has 5 aromatic heterocycles. The van der Waals surface area contributed by atoms with Crippen molar-refractivity contribution in [3.63, 3.8) is 0 Å². The molecule has 7 nitrogen and oxygen atoms in total. The second-order valence-corrected chi connectivity index (χ2v) is 18.4. The van der Waals surface area contributed by atoms with Gasteiger partial charge in [-0.1, -0.05) is 133 Å². The Balaban J connectivity index is 1.25. The molecule has 68 heavy (non-hydrogen) atoms. The van der Waals surface area contributed by atoms with Crippen molar-refractivity contribution < 1.29 is 4.42 Å². The third-order valence-electron chi connectivity index (χ3n) is 14.0. The SMILES string of the molecule is [C-]#[N+]c1c(-c2ccccc2)c(C#N)c(-n2c3cc4c(cc3c3ccc5c6ccccc6sc5c32)oc2ccccc24)c(-c2ccccc2)c1-n1c2cccc3c4nccnc4c4cccc1c4c32. The van der Waals surface area contributed by atoms with Gasteiger partial charge in [0.05, 0.1) is 61.3 Å². The summed E-state index contributed by atoms with van der Waals surface area (Å²) in [6.07, 6.45) is 3.51. The van der Waals surface area contributed by atoms with Crippen molar-refractivity contribution in [1.82, 2.24) is 19.1 Å². The zero-order chi connectivity index (χ0) is 44.8. The Kier molecular flexibility index (Phi) is 7.39. The Morgan fingerprint density at radius 1 is 0.515 bits per heavy atom. The molecule has 0 spiro atoms. The van der Waals surface area contributed by atoms with Crippen LogP contribution in [0.4, 0.5) is 5.69 Å². The Labute approximate surface area is 390 Å². The zero-order valence-corrected chi connectivity index (χ0v) is 36.6. The highest BCUT2D eigenvalue weighted by Gasteiger charge is 2.33. The molecule has 0 fully saturated rings. The fraction of sp³-hybridized carbons (Fsp3) is 0. The van der Waals surface area contributed by atoms with Crippen LogP contribution in [0.25, 0.3) is 146 Å². The van der Waals surface area contributed by atoms with E-state index in [-0.39, 0.29) is 0 Å². The Bertz CT molecular complexity index is 4670. The summed E-state index contributed by atoms with van der Waals surface area (Å²) in [6.45, 7) is 9.32. The van der Waals surface area contributed by atoms with Crippen LogP contribution in [-0.4, -0.2) is 19.1 Å². The van der Waals surface area contributed by atoms with Crippen LogP contribution in [-0.2, 0) is 0 Å². The van der Waals surface area contributed by atoms with E-state index in [1.165, 1.54) is 10.1 Å². The molecule has 5 heterocycles. The lowest BCUT2D eigenvalue weighted by Crippen LogP contribution is -2.08. The molecule has 10 aromatic carbocycles. The van der Waals surface area contributed by atoms with Gasteiger partial charge in [-0.2, -0.15) is 5.26 Å². The van der Waals surface area contributed by atoms with E-state index < -0.39 is 0 Å². The van der Waals surface area contributed by atoms with Gasteiger partial charge in [0.15, 0.2) is 0 Å². The molecule has 8 heteroatoms. The molecule has 0 saturated carbocycles.